The van der Waals surface area contributed by atoms with Gasteiger partial charge in [0.25, 0.3) is 0 Å². The highest BCUT2D eigenvalue weighted by molar-refractivity contribution is 7.13. The minimum Gasteiger partial charge on any atom is -0.481 e. The molecule has 0 aliphatic carbocycles. The molecule has 6 nitrogen and oxygen atoms in total. The predicted molar refractivity (Wildman–Crippen MR) is 75.1 cm³/mol. The second-order valence-electron chi connectivity index (χ2n) is 4.21. The van der Waals surface area contributed by atoms with Crippen LogP contribution in [0.4, 0.5) is 10.9 Å². The van der Waals surface area contributed by atoms with Crippen LogP contribution in [0.5, 0.6) is 5.88 Å². The van der Waals surface area contributed by atoms with Crippen LogP contribution in [0.25, 0.3) is 0 Å². The first kappa shape index (κ1) is 12.2. The first-order valence-electron chi connectivity index (χ1n) is 6.12. The summed E-state index contributed by atoms with van der Waals surface area (Å²) in [6.45, 7) is 3.78. The Hall–Kier alpha value is -1.89. The van der Waals surface area contributed by atoms with E-state index in [0.717, 1.165) is 37.1 Å². The lowest BCUT2D eigenvalue weighted by Gasteiger charge is -2.35. The van der Waals surface area contributed by atoms with Gasteiger partial charge in [0.15, 0.2) is 5.13 Å². The van der Waals surface area contributed by atoms with Gasteiger partial charge in [-0.1, -0.05) is 0 Å². The number of hydrogen-bond acceptors (Lipinski definition) is 7. The van der Waals surface area contributed by atoms with Gasteiger partial charge in [-0.25, -0.2) is 15.0 Å². The smallest absolute Gasteiger partial charge is 0.218 e. The van der Waals surface area contributed by atoms with E-state index >= 15 is 0 Å². The third-order valence-corrected chi connectivity index (χ3v) is 3.96. The first-order valence-corrected chi connectivity index (χ1v) is 7.00. The van der Waals surface area contributed by atoms with Gasteiger partial charge in [0.2, 0.25) is 5.88 Å². The van der Waals surface area contributed by atoms with Crippen LogP contribution >= 0.6 is 11.3 Å². The molecule has 0 aromatic carbocycles. The summed E-state index contributed by atoms with van der Waals surface area (Å²) < 4.78 is 5.13. The molecule has 0 spiro atoms. The number of thiazole rings is 1. The van der Waals surface area contributed by atoms with Crippen molar-refractivity contribution >= 4 is 22.3 Å². The third-order valence-electron chi connectivity index (χ3n) is 3.13. The van der Waals surface area contributed by atoms with Gasteiger partial charge in [0, 0.05) is 43.8 Å². The van der Waals surface area contributed by atoms with Crippen molar-refractivity contribution < 1.29 is 4.74 Å². The number of anilines is 2. The molecule has 0 N–H and O–H groups in total. The molecular weight excluding hydrogens is 262 g/mol. The van der Waals surface area contributed by atoms with Gasteiger partial charge < -0.3 is 14.5 Å². The number of methoxy groups -OCH3 is 1. The molecule has 2 aromatic heterocycles. The standard InChI is InChI=1S/C12H15N5OS/c1-18-11-8-10(14-9-15-11)16-3-5-17(6-4-16)12-13-2-7-19-12/h2,7-9H,3-6H2,1H3. The van der Waals surface area contributed by atoms with E-state index in [1.165, 1.54) is 0 Å². The molecule has 0 unspecified atom stereocenters. The van der Waals surface area contributed by atoms with Crippen LogP contribution < -0.4 is 14.5 Å². The summed E-state index contributed by atoms with van der Waals surface area (Å²) in [5, 5.41) is 3.11. The zero-order valence-electron chi connectivity index (χ0n) is 10.7. The fraction of sp³-hybridized carbons (Fsp3) is 0.417. The zero-order valence-corrected chi connectivity index (χ0v) is 11.5. The molecule has 1 aliphatic rings. The van der Waals surface area contributed by atoms with Gasteiger partial charge >= 0.3 is 0 Å². The monoisotopic (exact) mass is 277 g/mol. The largest absolute Gasteiger partial charge is 0.481 e. The summed E-state index contributed by atoms with van der Waals surface area (Å²) in [7, 11) is 1.62. The van der Waals surface area contributed by atoms with Crippen LogP contribution in [-0.2, 0) is 0 Å². The van der Waals surface area contributed by atoms with E-state index in [9.17, 15) is 0 Å². The Kier molecular flexibility index (Phi) is 3.45. The van der Waals surface area contributed by atoms with Crippen molar-refractivity contribution in [3.8, 4) is 5.88 Å². The molecule has 0 saturated carbocycles. The molecule has 0 bridgehead atoms. The minimum absolute atomic E-state index is 0.604. The maximum Gasteiger partial charge on any atom is 0.218 e. The molecule has 1 saturated heterocycles. The number of hydrogen-bond donors (Lipinski definition) is 0. The lowest BCUT2D eigenvalue weighted by atomic mass is 10.3. The Morgan fingerprint density at radius 3 is 2.58 bits per heavy atom. The average Bonchev–Trinajstić information content (AvgIpc) is 3.02. The number of piperazine rings is 1. The molecule has 0 amide bonds. The van der Waals surface area contributed by atoms with Crippen LogP contribution in [0.1, 0.15) is 0 Å². The lowest BCUT2D eigenvalue weighted by Crippen LogP contribution is -2.46. The number of nitrogens with zero attached hydrogens (tertiary/aromatic N) is 5. The molecule has 2 aromatic rings. The Bertz CT molecular complexity index is 525. The lowest BCUT2D eigenvalue weighted by molar-refractivity contribution is 0.396. The van der Waals surface area contributed by atoms with Crippen molar-refractivity contribution in [2.75, 3.05) is 43.1 Å². The molecular formula is C12H15N5OS. The summed E-state index contributed by atoms with van der Waals surface area (Å²) in [5.41, 5.74) is 0. The highest BCUT2D eigenvalue weighted by Gasteiger charge is 2.19. The molecule has 100 valence electrons. The van der Waals surface area contributed by atoms with E-state index in [2.05, 4.69) is 24.8 Å². The maximum absolute atomic E-state index is 5.13. The molecule has 0 radical (unpaired) electrons. The second-order valence-corrected chi connectivity index (χ2v) is 5.08. The van der Waals surface area contributed by atoms with Crippen LogP contribution in [-0.4, -0.2) is 48.2 Å². The zero-order chi connectivity index (χ0) is 13.1. The highest BCUT2D eigenvalue weighted by Crippen LogP contribution is 2.22. The summed E-state index contributed by atoms with van der Waals surface area (Å²) in [6.07, 6.45) is 3.39. The molecule has 3 rings (SSSR count). The van der Waals surface area contributed by atoms with E-state index in [1.54, 1.807) is 24.8 Å². The quantitative estimate of drug-likeness (QED) is 0.842. The summed E-state index contributed by atoms with van der Waals surface area (Å²) in [4.78, 5) is 17.2. The SMILES string of the molecule is COc1cc(N2CCN(c3nccs3)CC2)ncn1. The van der Waals surface area contributed by atoms with Crippen molar-refractivity contribution in [2.24, 2.45) is 0 Å². The molecule has 7 heteroatoms. The summed E-state index contributed by atoms with van der Waals surface area (Å²) in [5.74, 6) is 1.53. The van der Waals surface area contributed by atoms with Gasteiger partial charge in [0.05, 0.1) is 7.11 Å². The van der Waals surface area contributed by atoms with Crippen LogP contribution in [0.2, 0.25) is 0 Å². The number of ether oxygens (including phenoxy) is 1. The molecule has 0 atom stereocenters. The normalized spacial score (nSPS) is 15.6. The van der Waals surface area contributed by atoms with Gasteiger partial charge in [-0.15, -0.1) is 11.3 Å². The number of aromatic nitrogens is 3. The third kappa shape index (κ3) is 2.60. The predicted octanol–water partition coefficient (Wildman–Crippen LogP) is 1.27. The topological polar surface area (TPSA) is 54.4 Å². The fourth-order valence-corrected chi connectivity index (χ4v) is 2.81. The minimum atomic E-state index is 0.604. The van der Waals surface area contributed by atoms with Gasteiger partial charge in [-0.05, 0) is 0 Å². The molecule has 19 heavy (non-hydrogen) atoms. The van der Waals surface area contributed by atoms with Crippen molar-refractivity contribution in [3.05, 3.63) is 24.0 Å². The summed E-state index contributed by atoms with van der Waals surface area (Å²) >= 11 is 1.68. The Balaban J connectivity index is 1.66. The van der Waals surface area contributed by atoms with E-state index in [0.29, 0.717) is 5.88 Å². The molecule has 3 heterocycles. The maximum atomic E-state index is 5.13. The van der Waals surface area contributed by atoms with Crippen molar-refractivity contribution in [1.82, 2.24) is 15.0 Å². The second kappa shape index (κ2) is 5.40. The van der Waals surface area contributed by atoms with Gasteiger partial charge in [-0.3, -0.25) is 0 Å². The number of rotatable bonds is 3. The van der Waals surface area contributed by atoms with Crippen LogP contribution in [0, 0.1) is 0 Å². The summed E-state index contributed by atoms with van der Waals surface area (Å²) in [6, 6.07) is 1.87. The molecule has 1 fully saturated rings. The van der Waals surface area contributed by atoms with E-state index in [1.807, 2.05) is 17.6 Å². The van der Waals surface area contributed by atoms with Gasteiger partial charge in [-0.2, -0.15) is 0 Å². The average molecular weight is 277 g/mol. The Morgan fingerprint density at radius 2 is 1.89 bits per heavy atom. The van der Waals surface area contributed by atoms with E-state index < -0.39 is 0 Å². The van der Waals surface area contributed by atoms with Crippen molar-refractivity contribution in [1.29, 1.82) is 0 Å². The van der Waals surface area contributed by atoms with Crippen molar-refractivity contribution in [2.45, 2.75) is 0 Å². The van der Waals surface area contributed by atoms with Crippen molar-refractivity contribution in [3.63, 3.8) is 0 Å². The van der Waals surface area contributed by atoms with Crippen LogP contribution in [0.15, 0.2) is 24.0 Å². The van der Waals surface area contributed by atoms with E-state index in [4.69, 9.17) is 4.74 Å². The highest BCUT2D eigenvalue weighted by atomic mass is 32.1. The first-order chi connectivity index (χ1) is 9.36. The fourth-order valence-electron chi connectivity index (χ4n) is 2.11. The van der Waals surface area contributed by atoms with Crippen LogP contribution in [0.3, 0.4) is 0 Å². The van der Waals surface area contributed by atoms with E-state index in [-0.39, 0.29) is 0 Å². The Labute approximate surface area is 115 Å². The Morgan fingerprint density at radius 1 is 1.11 bits per heavy atom. The van der Waals surface area contributed by atoms with Gasteiger partial charge in [0.1, 0.15) is 12.1 Å². The molecule has 1 aliphatic heterocycles.